The monoisotopic (exact) mass is 226 g/mol. The van der Waals surface area contributed by atoms with Crippen LogP contribution in [-0.2, 0) is 0 Å². The molecule has 0 saturated heterocycles. The third kappa shape index (κ3) is 2.31. The van der Waals surface area contributed by atoms with Gasteiger partial charge in [0.05, 0.1) is 11.9 Å². The quantitative estimate of drug-likeness (QED) is 0.799. The van der Waals surface area contributed by atoms with Gasteiger partial charge in [0, 0.05) is 13.6 Å². The maximum atomic E-state index is 5.80. The Bertz CT molecular complexity index is 368. The summed E-state index contributed by atoms with van der Waals surface area (Å²) in [7, 11) is 1.99. The molecule has 5 heteroatoms. The molecule has 2 rings (SSSR count). The summed E-state index contributed by atoms with van der Waals surface area (Å²) < 4.78 is 0. The van der Waals surface area contributed by atoms with Crippen molar-refractivity contribution in [1.82, 2.24) is 9.97 Å². The van der Waals surface area contributed by atoms with Crippen molar-refractivity contribution in [3.05, 3.63) is 11.5 Å². The molecule has 0 amide bonds. The minimum absolute atomic E-state index is 0.245. The maximum absolute atomic E-state index is 5.80. The Balaban J connectivity index is 2.10. The van der Waals surface area contributed by atoms with Crippen LogP contribution in [0.1, 0.15) is 13.3 Å². The van der Waals surface area contributed by atoms with Crippen LogP contribution in [0.15, 0.2) is 6.20 Å². The van der Waals surface area contributed by atoms with Crippen molar-refractivity contribution in [2.45, 2.75) is 13.3 Å². The summed E-state index contributed by atoms with van der Waals surface area (Å²) in [5.41, 5.74) is 6.37. The Hall–Kier alpha value is -1.03. The number of nitrogens with two attached hydrogens (primary N) is 1. The average molecular weight is 227 g/mol. The number of hydrogen-bond donors (Lipinski definition) is 1. The molecule has 1 saturated carbocycles. The average Bonchev–Trinajstić information content (AvgIpc) is 2.86. The molecule has 2 N–H and O–H groups in total. The lowest BCUT2D eigenvalue weighted by molar-refractivity contribution is 0.719. The minimum Gasteiger partial charge on any atom is -0.394 e. The van der Waals surface area contributed by atoms with E-state index < -0.39 is 0 Å². The second-order valence-electron chi connectivity index (χ2n) is 4.27. The summed E-state index contributed by atoms with van der Waals surface area (Å²) in [6.45, 7) is 3.24. The van der Waals surface area contributed by atoms with Crippen molar-refractivity contribution in [3.63, 3.8) is 0 Å². The molecular formula is C10H15ClN4. The van der Waals surface area contributed by atoms with Crippen molar-refractivity contribution in [3.8, 4) is 0 Å². The summed E-state index contributed by atoms with van der Waals surface area (Å²) in [6.07, 6.45) is 2.85. The lowest BCUT2D eigenvalue weighted by Crippen LogP contribution is -2.23. The zero-order chi connectivity index (χ0) is 11.0. The SMILES string of the molecule is CC1CC1CN(C)c1nc(Cl)ncc1N. The Kier molecular flexibility index (Phi) is 2.69. The van der Waals surface area contributed by atoms with E-state index >= 15 is 0 Å². The predicted molar refractivity (Wildman–Crippen MR) is 62.0 cm³/mol. The first-order valence-electron chi connectivity index (χ1n) is 5.07. The van der Waals surface area contributed by atoms with Crippen LogP contribution < -0.4 is 10.6 Å². The van der Waals surface area contributed by atoms with Gasteiger partial charge in [0.2, 0.25) is 5.28 Å². The summed E-state index contributed by atoms with van der Waals surface area (Å²) in [5, 5.41) is 0.245. The lowest BCUT2D eigenvalue weighted by atomic mass is 10.3. The Morgan fingerprint density at radius 1 is 1.67 bits per heavy atom. The van der Waals surface area contributed by atoms with Crippen LogP contribution >= 0.6 is 11.6 Å². The molecule has 0 aliphatic heterocycles. The van der Waals surface area contributed by atoms with Crippen LogP contribution in [0, 0.1) is 11.8 Å². The van der Waals surface area contributed by atoms with Crippen LogP contribution in [-0.4, -0.2) is 23.6 Å². The first-order chi connectivity index (χ1) is 7.08. The molecular weight excluding hydrogens is 212 g/mol. The van der Waals surface area contributed by atoms with E-state index in [9.17, 15) is 0 Å². The largest absolute Gasteiger partial charge is 0.394 e. The lowest BCUT2D eigenvalue weighted by Gasteiger charge is -2.19. The molecule has 0 aromatic carbocycles. The van der Waals surface area contributed by atoms with E-state index in [2.05, 4.69) is 21.8 Å². The van der Waals surface area contributed by atoms with Crippen LogP contribution in [0.25, 0.3) is 0 Å². The van der Waals surface area contributed by atoms with Crippen molar-refractivity contribution >= 4 is 23.1 Å². The standard InChI is InChI=1S/C10H15ClN4/c1-6-3-7(6)5-15(2)9-8(12)4-13-10(11)14-9/h4,6-7H,3,5,12H2,1-2H3. The molecule has 1 aliphatic carbocycles. The van der Waals surface area contributed by atoms with E-state index in [-0.39, 0.29) is 5.28 Å². The molecule has 1 aromatic heterocycles. The van der Waals surface area contributed by atoms with E-state index in [0.717, 1.165) is 24.2 Å². The molecule has 15 heavy (non-hydrogen) atoms. The zero-order valence-corrected chi connectivity index (χ0v) is 9.70. The fraction of sp³-hybridized carbons (Fsp3) is 0.600. The van der Waals surface area contributed by atoms with Gasteiger partial charge in [0.1, 0.15) is 0 Å². The van der Waals surface area contributed by atoms with Gasteiger partial charge in [0.25, 0.3) is 0 Å². The normalized spacial score (nSPS) is 23.9. The Morgan fingerprint density at radius 2 is 2.33 bits per heavy atom. The Labute approximate surface area is 94.5 Å². The summed E-state index contributed by atoms with van der Waals surface area (Å²) in [5.74, 6) is 2.32. The van der Waals surface area contributed by atoms with Gasteiger partial charge >= 0.3 is 0 Å². The molecule has 2 unspecified atom stereocenters. The summed E-state index contributed by atoms with van der Waals surface area (Å²) in [6, 6.07) is 0. The molecule has 82 valence electrons. The smallest absolute Gasteiger partial charge is 0.224 e. The predicted octanol–water partition coefficient (Wildman–Crippen LogP) is 1.80. The number of nitrogen functional groups attached to an aromatic ring is 1. The fourth-order valence-electron chi connectivity index (χ4n) is 1.76. The van der Waals surface area contributed by atoms with Gasteiger partial charge in [-0.25, -0.2) is 4.98 Å². The maximum Gasteiger partial charge on any atom is 0.224 e. The molecule has 1 aromatic rings. The van der Waals surface area contributed by atoms with Gasteiger partial charge in [-0.05, 0) is 29.9 Å². The Morgan fingerprint density at radius 3 is 2.93 bits per heavy atom. The number of aromatic nitrogens is 2. The van der Waals surface area contributed by atoms with Crippen LogP contribution in [0.2, 0.25) is 5.28 Å². The summed E-state index contributed by atoms with van der Waals surface area (Å²) >= 11 is 5.74. The van der Waals surface area contributed by atoms with E-state index in [1.165, 1.54) is 6.42 Å². The van der Waals surface area contributed by atoms with Gasteiger partial charge in [-0.3, -0.25) is 0 Å². The van der Waals surface area contributed by atoms with Crippen molar-refractivity contribution < 1.29 is 0 Å². The molecule has 1 fully saturated rings. The third-order valence-corrected chi connectivity index (χ3v) is 3.09. The van der Waals surface area contributed by atoms with Crippen molar-refractivity contribution in [1.29, 1.82) is 0 Å². The van der Waals surface area contributed by atoms with E-state index in [0.29, 0.717) is 5.69 Å². The van der Waals surface area contributed by atoms with Gasteiger partial charge in [-0.1, -0.05) is 6.92 Å². The molecule has 2 atom stereocenters. The van der Waals surface area contributed by atoms with Crippen LogP contribution in [0.5, 0.6) is 0 Å². The number of nitrogens with zero attached hydrogens (tertiary/aromatic N) is 3. The van der Waals surface area contributed by atoms with Gasteiger partial charge in [-0.15, -0.1) is 0 Å². The summed E-state index contributed by atoms with van der Waals surface area (Å²) in [4.78, 5) is 10.0. The first kappa shape index (κ1) is 10.5. The van der Waals surface area contributed by atoms with Crippen molar-refractivity contribution in [2.75, 3.05) is 24.2 Å². The van der Waals surface area contributed by atoms with Crippen LogP contribution in [0.3, 0.4) is 0 Å². The van der Waals surface area contributed by atoms with Gasteiger partial charge in [0.15, 0.2) is 5.82 Å². The number of hydrogen-bond acceptors (Lipinski definition) is 4. The fourth-order valence-corrected chi connectivity index (χ4v) is 1.89. The van der Waals surface area contributed by atoms with Crippen LogP contribution in [0.4, 0.5) is 11.5 Å². The molecule has 4 nitrogen and oxygen atoms in total. The first-order valence-corrected chi connectivity index (χ1v) is 5.45. The molecule has 1 aliphatic rings. The van der Waals surface area contributed by atoms with E-state index in [1.54, 1.807) is 6.20 Å². The highest BCUT2D eigenvalue weighted by atomic mass is 35.5. The topological polar surface area (TPSA) is 55.0 Å². The number of anilines is 2. The van der Waals surface area contributed by atoms with Gasteiger partial charge in [-0.2, -0.15) is 4.98 Å². The molecule has 0 radical (unpaired) electrons. The van der Waals surface area contributed by atoms with Crippen molar-refractivity contribution in [2.24, 2.45) is 11.8 Å². The highest BCUT2D eigenvalue weighted by Crippen LogP contribution is 2.38. The number of halogens is 1. The van der Waals surface area contributed by atoms with E-state index in [4.69, 9.17) is 17.3 Å². The second-order valence-corrected chi connectivity index (χ2v) is 4.61. The molecule has 0 spiro atoms. The molecule has 1 heterocycles. The zero-order valence-electron chi connectivity index (χ0n) is 8.94. The third-order valence-electron chi connectivity index (χ3n) is 2.91. The highest BCUT2D eigenvalue weighted by molar-refractivity contribution is 6.28. The minimum atomic E-state index is 0.245. The van der Waals surface area contributed by atoms with E-state index in [1.807, 2.05) is 7.05 Å². The number of rotatable bonds is 3. The highest BCUT2D eigenvalue weighted by Gasteiger charge is 2.33. The molecule has 0 bridgehead atoms. The second kappa shape index (κ2) is 3.85. The van der Waals surface area contributed by atoms with Gasteiger partial charge < -0.3 is 10.6 Å².